The van der Waals surface area contributed by atoms with Gasteiger partial charge in [-0.15, -0.1) is 0 Å². The zero-order valence-electron chi connectivity index (χ0n) is 18.5. The molecule has 0 spiro atoms. The van der Waals surface area contributed by atoms with Gasteiger partial charge in [0.1, 0.15) is 10.6 Å². The minimum Gasteiger partial charge on any atom is -0.495 e. The molecule has 0 bridgehead atoms. The number of hydrogen-bond donors (Lipinski definition) is 1. The number of carbonyl (C=O) groups excluding carboxylic acids is 1. The summed E-state index contributed by atoms with van der Waals surface area (Å²) in [7, 11) is -2.26. The van der Waals surface area contributed by atoms with E-state index in [0.717, 1.165) is 5.56 Å². The predicted molar refractivity (Wildman–Crippen MR) is 120 cm³/mol. The van der Waals surface area contributed by atoms with Gasteiger partial charge in [0, 0.05) is 30.8 Å². The molecule has 172 valence electrons. The molecule has 0 radical (unpaired) electrons. The number of nitrogens with zero attached hydrogens (tertiary/aromatic N) is 1. The monoisotopic (exact) mass is 460 g/mol. The van der Waals surface area contributed by atoms with Crippen molar-refractivity contribution in [3.63, 3.8) is 0 Å². The van der Waals surface area contributed by atoms with E-state index in [9.17, 15) is 13.2 Å². The number of rotatable bonds is 6. The number of piperidine rings is 1. The van der Waals surface area contributed by atoms with E-state index in [1.54, 1.807) is 30.3 Å². The lowest BCUT2D eigenvalue weighted by molar-refractivity contribution is -0.120. The van der Waals surface area contributed by atoms with Crippen LogP contribution in [-0.2, 0) is 14.8 Å². The van der Waals surface area contributed by atoms with Crippen LogP contribution in [-0.4, -0.2) is 45.6 Å². The molecule has 9 heteroatoms. The third-order valence-corrected chi connectivity index (χ3v) is 7.86. The van der Waals surface area contributed by atoms with Gasteiger partial charge in [0.25, 0.3) is 0 Å². The SMILES string of the molecule is COc1ccc(C(C)C)cc1S(=O)(=O)N1CCC(C(=O)Nc2ccc3c(c2)OCO3)CC1. The van der Waals surface area contributed by atoms with Crippen molar-refractivity contribution in [1.82, 2.24) is 4.31 Å². The molecule has 1 fully saturated rings. The Kier molecular flexibility index (Phi) is 6.30. The molecule has 0 saturated carbocycles. The van der Waals surface area contributed by atoms with Crippen LogP contribution in [0.4, 0.5) is 5.69 Å². The molecule has 2 aromatic carbocycles. The molecule has 0 aliphatic carbocycles. The van der Waals surface area contributed by atoms with Crippen molar-refractivity contribution in [2.45, 2.75) is 37.5 Å². The summed E-state index contributed by atoms with van der Waals surface area (Å²) in [5.74, 6) is 1.38. The van der Waals surface area contributed by atoms with Crippen molar-refractivity contribution in [2.24, 2.45) is 5.92 Å². The Bertz CT molecular complexity index is 1110. The Morgan fingerprint density at radius 2 is 1.81 bits per heavy atom. The fraction of sp³-hybridized carbons (Fsp3) is 0.435. The first kappa shape index (κ1) is 22.4. The molecule has 0 atom stereocenters. The van der Waals surface area contributed by atoms with Crippen LogP contribution in [0.2, 0.25) is 0 Å². The normalized spacial score (nSPS) is 16.9. The van der Waals surface area contributed by atoms with Crippen LogP contribution >= 0.6 is 0 Å². The van der Waals surface area contributed by atoms with Crippen molar-refractivity contribution in [1.29, 1.82) is 0 Å². The van der Waals surface area contributed by atoms with E-state index in [-0.39, 0.29) is 42.5 Å². The number of benzene rings is 2. The average Bonchev–Trinajstić information content (AvgIpc) is 3.26. The number of carbonyl (C=O) groups is 1. The van der Waals surface area contributed by atoms with Crippen molar-refractivity contribution in [3.05, 3.63) is 42.0 Å². The summed E-state index contributed by atoms with van der Waals surface area (Å²) in [5, 5.41) is 2.90. The van der Waals surface area contributed by atoms with Crippen LogP contribution < -0.4 is 19.5 Å². The molecule has 1 N–H and O–H groups in total. The molecule has 0 unspecified atom stereocenters. The predicted octanol–water partition coefficient (Wildman–Crippen LogP) is 3.59. The minimum atomic E-state index is -3.73. The van der Waals surface area contributed by atoms with Crippen molar-refractivity contribution >= 4 is 21.6 Å². The lowest BCUT2D eigenvalue weighted by Crippen LogP contribution is -2.41. The first-order chi connectivity index (χ1) is 15.3. The van der Waals surface area contributed by atoms with E-state index in [2.05, 4.69) is 5.32 Å². The average molecular weight is 461 g/mol. The van der Waals surface area contributed by atoms with E-state index >= 15 is 0 Å². The van der Waals surface area contributed by atoms with E-state index in [1.165, 1.54) is 11.4 Å². The minimum absolute atomic E-state index is 0.125. The Labute approximate surface area is 188 Å². The summed E-state index contributed by atoms with van der Waals surface area (Å²) in [4.78, 5) is 12.9. The topological polar surface area (TPSA) is 94.2 Å². The zero-order valence-corrected chi connectivity index (χ0v) is 19.3. The van der Waals surface area contributed by atoms with E-state index in [1.807, 2.05) is 19.9 Å². The van der Waals surface area contributed by atoms with Crippen molar-refractivity contribution < 1.29 is 27.4 Å². The van der Waals surface area contributed by atoms with Crippen LogP contribution in [0.3, 0.4) is 0 Å². The molecular weight excluding hydrogens is 432 g/mol. The second-order valence-corrected chi connectivity index (χ2v) is 10.2. The van der Waals surface area contributed by atoms with Crippen LogP contribution in [0.25, 0.3) is 0 Å². The lowest BCUT2D eigenvalue weighted by Gasteiger charge is -2.31. The summed E-state index contributed by atoms with van der Waals surface area (Å²) in [5.41, 5.74) is 1.56. The summed E-state index contributed by atoms with van der Waals surface area (Å²) in [6.45, 7) is 4.75. The second kappa shape index (κ2) is 8.99. The molecular formula is C23H28N2O6S. The fourth-order valence-corrected chi connectivity index (χ4v) is 5.63. The van der Waals surface area contributed by atoms with E-state index in [4.69, 9.17) is 14.2 Å². The number of ether oxygens (including phenoxy) is 3. The Morgan fingerprint density at radius 1 is 1.09 bits per heavy atom. The molecule has 8 nitrogen and oxygen atoms in total. The molecule has 1 amide bonds. The number of nitrogens with one attached hydrogen (secondary N) is 1. The molecule has 2 aliphatic rings. The smallest absolute Gasteiger partial charge is 0.246 e. The molecule has 0 aromatic heterocycles. The highest BCUT2D eigenvalue weighted by molar-refractivity contribution is 7.89. The Morgan fingerprint density at radius 3 is 2.50 bits per heavy atom. The van der Waals surface area contributed by atoms with E-state index < -0.39 is 10.0 Å². The van der Waals surface area contributed by atoms with Crippen LogP contribution in [0.5, 0.6) is 17.2 Å². The van der Waals surface area contributed by atoms with Crippen molar-refractivity contribution in [3.8, 4) is 17.2 Å². The number of hydrogen-bond acceptors (Lipinski definition) is 6. The van der Waals surface area contributed by atoms with Gasteiger partial charge in [-0.05, 0) is 48.6 Å². The maximum atomic E-state index is 13.3. The number of fused-ring (bicyclic) bond motifs is 1. The molecule has 2 heterocycles. The fourth-order valence-electron chi connectivity index (χ4n) is 3.97. The largest absolute Gasteiger partial charge is 0.495 e. The van der Waals surface area contributed by atoms with Gasteiger partial charge in [-0.25, -0.2) is 8.42 Å². The number of sulfonamides is 1. The van der Waals surface area contributed by atoms with Gasteiger partial charge in [-0.3, -0.25) is 4.79 Å². The summed E-state index contributed by atoms with van der Waals surface area (Å²) in [6, 6.07) is 10.5. The Hall–Kier alpha value is -2.78. The van der Waals surface area contributed by atoms with E-state index in [0.29, 0.717) is 35.8 Å². The quantitative estimate of drug-likeness (QED) is 0.708. The maximum absolute atomic E-state index is 13.3. The van der Waals surface area contributed by atoms with Gasteiger partial charge < -0.3 is 19.5 Å². The Balaban J connectivity index is 1.43. The summed E-state index contributed by atoms with van der Waals surface area (Å²) in [6.07, 6.45) is 0.892. The van der Waals surface area contributed by atoms with Crippen molar-refractivity contribution in [2.75, 3.05) is 32.3 Å². The molecule has 1 saturated heterocycles. The molecule has 32 heavy (non-hydrogen) atoms. The highest BCUT2D eigenvalue weighted by Gasteiger charge is 2.34. The highest BCUT2D eigenvalue weighted by Crippen LogP contribution is 2.35. The van der Waals surface area contributed by atoms with Crippen LogP contribution in [0.1, 0.15) is 38.2 Å². The first-order valence-electron chi connectivity index (χ1n) is 10.7. The van der Waals surface area contributed by atoms with Crippen LogP contribution in [0, 0.1) is 5.92 Å². The number of amides is 1. The molecule has 2 aliphatic heterocycles. The standard InChI is InChI=1S/C23H28N2O6S/c1-15(2)17-4-6-20(29-3)22(12-17)32(27,28)25-10-8-16(9-11-25)23(26)24-18-5-7-19-21(13-18)31-14-30-19/h4-7,12-13,15-16H,8-11,14H2,1-3H3,(H,24,26). The molecule has 4 rings (SSSR count). The first-order valence-corrected chi connectivity index (χ1v) is 12.1. The van der Waals surface area contributed by atoms with Gasteiger partial charge in [0.2, 0.25) is 22.7 Å². The summed E-state index contributed by atoms with van der Waals surface area (Å²) >= 11 is 0. The maximum Gasteiger partial charge on any atom is 0.246 e. The number of anilines is 1. The number of methoxy groups -OCH3 is 1. The van der Waals surface area contributed by atoms with Gasteiger partial charge in [0.05, 0.1) is 7.11 Å². The third kappa shape index (κ3) is 4.40. The van der Waals surface area contributed by atoms with Crippen LogP contribution in [0.15, 0.2) is 41.3 Å². The van der Waals surface area contributed by atoms with Gasteiger partial charge >= 0.3 is 0 Å². The van der Waals surface area contributed by atoms with Gasteiger partial charge in [-0.1, -0.05) is 19.9 Å². The molecule has 2 aromatic rings. The highest BCUT2D eigenvalue weighted by atomic mass is 32.2. The lowest BCUT2D eigenvalue weighted by atomic mass is 9.97. The zero-order chi connectivity index (χ0) is 22.9. The third-order valence-electron chi connectivity index (χ3n) is 5.94. The second-order valence-electron chi connectivity index (χ2n) is 8.30. The van der Waals surface area contributed by atoms with Gasteiger partial charge in [-0.2, -0.15) is 4.31 Å². The summed E-state index contributed by atoms with van der Waals surface area (Å²) < 4.78 is 44.1. The van der Waals surface area contributed by atoms with Gasteiger partial charge in [0.15, 0.2) is 11.5 Å².